The van der Waals surface area contributed by atoms with E-state index in [0.29, 0.717) is 5.92 Å². The number of carbonyl (C=O) groups is 1. The third kappa shape index (κ3) is 4.06. The number of amides is 1. The highest BCUT2D eigenvalue weighted by Crippen LogP contribution is 2.39. The second-order valence-electron chi connectivity index (χ2n) is 6.09. The molecule has 3 nitrogen and oxygen atoms in total. The maximum absolute atomic E-state index is 12.0. The van der Waals surface area contributed by atoms with E-state index in [0.717, 1.165) is 11.5 Å². The summed E-state index contributed by atoms with van der Waals surface area (Å²) in [6.07, 6.45) is 8.98. The van der Waals surface area contributed by atoms with Crippen LogP contribution in [0.4, 0.5) is 0 Å². The Morgan fingerprint density at radius 1 is 1.32 bits per heavy atom. The SMILES string of the molecule is CC(C)OC1(C)SC(CC2CCCCCC2)=NC1=O. The minimum atomic E-state index is -0.784. The van der Waals surface area contributed by atoms with Gasteiger partial charge in [0, 0.05) is 0 Å². The van der Waals surface area contributed by atoms with Gasteiger partial charge in [-0.1, -0.05) is 50.3 Å². The number of hydrogen-bond donors (Lipinski definition) is 0. The molecule has 0 saturated heterocycles. The highest BCUT2D eigenvalue weighted by molar-refractivity contribution is 8.16. The van der Waals surface area contributed by atoms with E-state index in [1.165, 1.54) is 50.3 Å². The van der Waals surface area contributed by atoms with Crippen molar-refractivity contribution in [2.75, 3.05) is 0 Å². The van der Waals surface area contributed by atoms with E-state index in [4.69, 9.17) is 4.74 Å². The van der Waals surface area contributed by atoms with Gasteiger partial charge >= 0.3 is 0 Å². The predicted octanol–water partition coefficient (Wildman–Crippen LogP) is 4.16. The summed E-state index contributed by atoms with van der Waals surface area (Å²) < 4.78 is 5.75. The number of aliphatic imine (C=N–C) groups is 1. The Bertz CT molecular complexity index is 359. The lowest BCUT2D eigenvalue weighted by Gasteiger charge is -2.23. The molecule has 1 fully saturated rings. The molecule has 2 aliphatic rings. The summed E-state index contributed by atoms with van der Waals surface area (Å²) in [5.74, 6) is 0.595. The average molecular weight is 283 g/mol. The van der Waals surface area contributed by atoms with E-state index in [9.17, 15) is 4.79 Å². The summed E-state index contributed by atoms with van der Waals surface area (Å²) in [5.41, 5.74) is 0. The van der Waals surface area contributed by atoms with E-state index in [1.807, 2.05) is 20.8 Å². The first-order valence-electron chi connectivity index (χ1n) is 7.48. The first kappa shape index (κ1) is 15.0. The fourth-order valence-electron chi connectivity index (χ4n) is 2.93. The Morgan fingerprint density at radius 3 is 2.53 bits per heavy atom. The highest BCUT2D eigenvalue weighted by atomic mass is 32.2. The van der Waals surface area contributed by atoms with Gasteiger partial charge in [-0.25, -0.2) is 4.99 Å². The zero-order valence-corrected chi connectivity index (χ0v) is 13.1. The molecule has 2 rings (SSSR count). The zero-order valence-electron chi connectivity index (χ0n) is 12.3. The van der Waals surface area contributed by atoms with Crippen molar-refractivity contribution in [3.05, 3.63) is 0 Å². The Hall–Kier alpha value is -0.350. The van der Waals surface area contributed by atoms with Gasteiger partial charge in [-0.05, 0) is 33.1 Å². The number of hydrogen-bond acceptors (Lipinski definition) is 3. The molecule has 0 aromatic carbocycles. The maximum Gasteiger partial charge on any atom is 0.289 e. The zero-order chi connectivity index (χ0) is 13.9. The second-order valence-corrected chi connectivity index (χ2v) is 7.54. The van der Waals surface area contributed by atoms with E-state index >= 15 is 0 Å². The molecule has 1 aliphatic heterocycles. The largest absolute Gasteiger partial charge is 0.352 e. The fourth-order valence-corrected chi connectivity index (χ4v) is 4.20. The Balaban J connectivity index is 1.92. The minimum Gasteiger partial charge on any atom is -0.352 e. The molecular formula is C15H25NO2S. The van der Waals surface area contributed by atoms with Crippen LogP contribution in [0.25, 0.3) is 0 Å². The van der Waals surface area contributed by atoms with Crippen molar-refractivity contribution in [3.8, 4) is 0 Å². The van der Waals surface area contributed by atoms with Crippen molar-refractivity contribution in [2.45, 2.75) is 76.8 Å². The van der Waals surface area contributed by atoms with Gasteiger partial charge in [0.05, 0.1) is 11.1 Å². The van der Waals surface area contributed by atoms with Gasteiger partial charge in [0.25, 0.3) is 5.91 Å². The maximum atomic E-state index is 12.0. The molecule has 1 heterocycles. The van der Waals surface area contributed by atoms with Crippen LogP contribution in [-0.2, 0) is 9.53 Å². The summed E-state index contributed by atoms with van der Waals surface area (Å²) in [4.78, 5) is 15.5. The summed E-state index contributed by atoms with van der Waals surface area (Å²) >= 11 is 1.53. The standard InChI is InChI=1S/C15H25NO2S/c1-11(2)18-15(3)14(17)16-13(19-15)10-12-8-6-4-5-7-9-12/h11-12H,4-10H2,1-3H3. The molecule has 1 atom stereocenters. The van der Waals surface area contributed by atoms with E-state index in [2.05, 4.69) is 4.99 Å². The summed E-state index contributed by atoms with van der Waals surface area (Å²) in [5, 5.41) is 0.986. The number of thioether (sulfide) groups is 1. The molecule has 0 radical (unpaired) electrons. The fraction of sp³-hybridized carbons (Fsp3) is 0.867. The predicted molar refractivity (Wildman–Crippen MR) is 80.5 cm³/mol. The van der Waals surface area contributed by atoms with Crippen LogP contribution in [0.3, 0.4) is 0 Å². The molecule has 108 valence electrons. The first-order valence-corrected chi connectivity index (χ1v) is 8.30. The molecular weight excluding hydrogens is 258 g/mol. The smallest absolute Gasteiger partial charge is 0.289 e. The van der Waals surface area contributed by atoms with Gasteiger partial charge in [-0.15, -0.1) is 0 Å². The topological polar surface area (TPSA) is 38.7 Å². The van der Waals surface area contributed by atoms with Crippen molar-refractivity contribution in [2.24, 2.45) is 10.9 Å². The molecule has 0 bridgehead atoms. The number of ether oxygens (including phenoxy) is 1. The normalized spacial score (nSPS) is 29.7. The highest BCUT2D eigenvalue weighted by Gasteiger charge is 2.43. The molecule has 1 saturated carbocycles. The third-order valence-corrected chi connectivity index (χ3v) is 4.98. The van der Waals surface area contributed by atoms with E-state index in [-0.39, 0.29) is 12.0 Å². The van der Waals surface area contributed by atoms with E-state index < -0.39 is 4.93 Å². The van der Waals surface area contributed by atoms with Gasteiger partial charge in [-0.3, -0.25) is 4.79 Å². The molecule has 1 unspecified atom stereocenters. The molecule has 0 spiro atoms. The van der Waals surface area contributed by atoms with Crippen LogP contribution in [0.1, 0.15) is 65.7 Å². The van der Waals surface area contributed by atoms with Gasteiger partial charge in [0.2, 0.25) is 0 Å². The lowest BCUT2D eigenvalue weighted by molar-refractivity contribution is -0.133. The Kier molecular flexibility index (Phi) is 5.07. The lowest BCUT2D eigenvalue weighted by Crippen LogP contribution is -2.33. The molecule has 0 aromatic heterocycles. The van der Waals surface area contributed by atoms with Crippen molar-refractivity contribution >= 4 is 22.7 Å². The van der Waals surface area contributed by atoms with Crippen molar-refractivity contribution in [1.29, 1.82) is 0 Å². The van der Waals surface area contributed by atoms with Crippen LogP contribution < -0.4 is 0 Å². The third-order valence-electron chi connectivity index (χ3n) is 3.83. The quantitative estimate of drug-likeness (QED) is 0.727. The second kappa shape index (κ2) is 6.40. The number of nitrogens with zero attached hydrogens (tertiary/aromatic N) is 1. The summed E-state index contributed by atoms with van der Waals surface area (Å²) in [7, 11) is 0. The monoisotopic (exact) mass is 283 g/mol. The van der Waals surface area contributed by atoms with Crippen LogP contribution in [-0.4, -0.2) is 22.0 Å². The first-order chi connectivity index (χ1) is 8.99. The average Bonchev–Trinajstić information content (AvgIpc) is 2.52. The van der Waals surface area contributed by atoms with Crippen molar-refractivity contribution in [1.82, 2.24) is 0 Å². The van der Waals surface area contributed by atoms with Crippen LogP contribution in [0.15, 0.2) is 4.99 Å². The van der Waals surface area contributed by atoms with Gasteiger partial charge in [0.15, 0.2) is 4.93 Å². The van der Waals surface area contributed by atoms with E-state index in [1.54, 1.807) is 0 Å². The van der Waals surface area contributed by atoms with Gasteiger partial charge < -0.3 is 4.74 Å². The molecule has 1 amide bonds. The van der Waals surface area contributed by atoms with Crippen LogP contribution >= 0.6 is 11.8 Å². The van der Waals surface area contributed by atoms with Crippen molar-refractivity contribution < 1.29 is 9.53 Å². The summed E-state index contributed by atoms with van der Waals surface area (Å²) in [6, 6.07) is 0. The minimum absolute atomic E-state index is 0.0499. The van der Waals surface area contributed by atoms with Crippen molar-refractivity contribution in [3.63, 3.8) is 0 Å². The van der Waals surface area contributed by atoms with Crippen LogP contribution in [0.2, 0.25) is 0 Å². The number of rotatable bonds is 4. The lowest BCUT2D eigenvalue weighted by atomic mass is 9.97. The molecule has 4 heteroatoms. The molecule has 0 aromatic rings. The van der Waals surface area contributed by atoms with Gasteiger partial charge in [-0.2, -0.15) is 0 Å². The molecule has 0 N–H and O–H groups in total. The van der Waals surface area contributed by atoms with Gasteiger partial charge in [0.1, 0.15) is 0 Å². The molecule has 19 heavy (non-hydrogen) atoms. The van der Waals surface area contributed by atoms with Crippen LogP contribution in [0.5, 0.6) is 0 Å². The Labute approximate surface area is 120 Å². The molecule has 1 aliphatic carbocycles. The Morgan fingerprint density at radius 2 is 1.95 bits per heavy atom. The number of carbonyl (C=O) groups excluding carboxylic acids is 1. The van der Waals surface area contributed by atoms with Crippen LogP contribution in [0, 0.1) is 5.92 Å². The summed E-state index contributed by atoms with van der Waals surface area (Å²) in [6.45, 7) is 5.77.